The monoisotopic (exact) mass is 258 g/mol. The van der Waals surface area contributed by atoms with E-state index in [2.05, 4.69) is 37.0 Å². The van der Waals surface area contributed by atoms with E-state index in [0.29, 0.717) is 0 Å². The van der Waals surface area contributed by atoms with Crippen LogP contribution in [0.4, 0.5) is 5.82 Å². The van der Waals surface area contributed by atoms with Gasteiger partial charge in [0.25, 0.3) is 0 Å². The molecule has 0 bridgehead atoms. The van der Waals surface area contributed by atoms with Crippen LogP contribution in [0.25, 0.3) is 0 Å². The van der Waals surface area contributed by atoms with E-state index in [1.165, 1.54) is 12.8 Å². The minimum absolute atomic E-state index is 0.0913. The van der Waals surface area contributed by atoms with Crippen LogP contribution < -0.4 is 5.32 Å². The zero-order valence-corrected chi connectivity index (χ0v) is 11.3. The molecule has 2 aromatic heterocycles. The van der Waals surface area contributed by atoms with Gasteiger partial charge in [0.1, 0.15) is 18.0 Å². The molecule has 1 atom stereocenters. The highest BCUT2D eigenvalue weighted by Crippen LogP contribution is 2.21. The Bertz CT molecular complexity index is 576. The predicted molar refractivity (Wildman–Crippen MR) is 71.8 cm³/mol. The van der Waals surface area contributed by atoms with Gasteiger partial charge < -0.3 is 9.88 Å². The van der Waals surface area contributed by atoms with Crippen molar-refractivity contribution in [3.05, 3.63) is 29.7 Å². The van der Waals surface area contributed by atoms with Gasteiger partial charge in [0.2, 0.25) is 0 Å². The fraction of sp³-hybridized carbons (Fsp3) is 0.538. The van der Waals surface area contributed by atoms with Gasteiger partial charge >= 0.3 is 0 Å². The fourth-order valence-electron chi connectivity index (χ4n) is 2.47. The Hall–Kier alpha value is -1.98. The highest BCUT2D eigenvalue weighted by Gasteiger charge is 2.20. The summed E-state index contributed by atoms with van der Waals surface area (Å²) in [7, 11) is 0. The van der Waals surface area contributed by atoms with Gasteiger partial charge in [-0.25, -0.2) is 9.97 Å². The Balaban J connectivity index is 1.80. The summed E-state index contributed by atoms with van der Waals surface area (Å²) >= 11 is 0. The molecule has 19 heavy (non-hydrogen) atoms. The van der Waals surface area contributed by atoms with E-state index in [4.69, 9.17) is 0 Å². The van der Waals surface area contributed by atoms with Crippen LogP contribution in [0.15, 0.2) is 12.4 Å². The standard InChI is InChI=1S/C13H18N6/c1-9-7-11(15-8-14-9)16-10(2)13-18-17-12-5-3-4-6-19(12)13/h7-8,10H,3-6H2,1-2H3,(H,14,15,16). The summed E-state index contributed by atoms with van der Waals surface area (Å²) in [5.41, 5.74) is 0.952. The molecule has 1 aliphatic rings. The topological polar surface area (TPSA) is 68.5 Å². The van der Waals surface area contributed by atoms with Crippen LogP contribution in [0.2, 0.25) is 0 Å². The third-order valence-electron chi connectivity index (χ3n) is 3.44. The first-order valence-corrected chi connectivity index (χ1v) is 6.71. The van der Waals surface area contributed by atoms with Crippen molar-refractivity contribution in [1.82, 2.24) is 24.7 Å². The average Bonchev–Trinajstić information content (AvgIpc) is 2.82. The van der Waals surface area contributed by atoms with Gasteiger partial charge in [-0.15, -0.1) is 10.2 Å². The zero-order valence-electron chi connectivity index (χ0n) is 11.3. The van der Waals surface area contributed by atoms with Crippen LogP contribution >= 0.6 is 0 Å². The number of hydrogen-bond acceptors (Lipinski definition) is 5. The molecule has 0 aromatic carbocycles. The summed E-state index contributed by atoms with van der Waals surface area (Å²) in [4.78, 5) is 8.32. The lowest BCUT2D eigenvalue weighted by Crippen LogP contribution is -2.18. The molecule has 0 saturated heterocycles. The maximum Gasteiger partial charge on any atom is 0.155 e. The first kappa shape index (κ1) is 12.1. The lowest BCUT2D eigenvalue weighted by atomic mass is 10.1. The van der Waals surface area contributed by atoms with Crippen LogP contribution in [-0.2, 0) is 13.0 Å². The minimum atomic E-state index is 0.0913. The second kappa shape index (κ2) is 4.95. The zero-order chi connectivity index (χ0) is 13.2. The average molecular weight is 258 g/mol. The van der Waals surface area contributed by atoms with E-state index in [1.54, 1.807) is 6.33 Å². The van der Waals surface area contributed by atoms with Crippen molar-refractivity contribution < 1.29 is 0 Å². The van der Waals surface area contributed by atoms with E-state index in [0.717, 1.165) is 36.1 Å². The summed E-state index contributed by atoms with van der Waals surface area (Å²) in [5, 5.41) is 12.0. The summed E-state index contributed by atoms with van der Waals surface area (Å²) in [6.45, 7) is 5.06. The van der Waals surface area contributed by atoms with E-state index in [-0.39, 0.29) is 6.04 Å². The maximum absolute atomic E-state index is 4.32. The second-order valence-corrected chi connectivity index (χ2v) is 4.99. The molecule has 2 aromatic rings. The molecule has 3 rings (SSSR count). The Kier molecular flexibility index (Phi) is 3.15. The molecule has 0 spiro atoms. The Labute approximate surface area is 112 Å². The molecule has 6 heteroatoms. The van der Waals surface area contributed by atoms with E-state index >= 15 is 0 Å². The van der Waals surface area contributed by atoms with Crippen molar-refractivity contribution >= 4 is 5.82 Å². The fourth-order valence-corrected chi connectivity index (χ4v) is 2.47. The maximum atomic E-state index is 4.32. The Morgan fingerprint density at radius 2 is 2.16 bits per heavy atom. The Morgan fingerprint density at radius 3 is 3.00 bits per heavy atom. The van der Waals surface area contributed by atoms with Crippen molar-refractivity contribution in [2.24, 2.45) is 0 Å². The van der Waals surface area contributed by atoms with Crippen LogP contribution in [-0.4, -0.2) is 24.7 Å². The van der Waals surface area contributed by atoms with E-state index in [9.17, 15) is 0 Å². The van der Waals surface area contributed by atoms with Gasteiger partial charge in [0.15, 0.2) is 5.82 Å². The number of hydrogen-bond donors (Lipinski definition) is 1. The molecule has 6 nitrogen and oxygen atoms in total. The number of rotatable bonds is 3. The number of fused-ring (bicyclic) bond motifs is 1. The van der Waals surface area contributed by atoms with Gasteiger partial charge in [-0.2, -0.15) is 0 Å². The smallest absolute Gasteiger partial charge is 0.155 e. The summed E-state index contributed by atoms with van der Waals surface area (Å²) < 4.78 is 2.23. The highest BCUT2D eigenvalue weighted by atomic mass is 15.3. The summed E-state index contributed by atoms with van der Waals surface area (Å²) in [6.07, 6.45) is 5.03. The molecular formula is C13H18N6. The Morgan fingerprint density at radius 1 is 1.26 bits per heavy atom. The van der Waals surface area contributed by atoms with E-state index < -0.39 is 0 Å². The van der Waals surface area contributed by atoms with Gasteiger partial charge in [-0.1, -0.05) is 0 Å². The molecule has 0 saturated carbocycles. The SMILES string of the molecule is Cc1cc(NC(C)c2nnc3n2CCCC3)ncn1. The van der Waals surface area contributed by atoms with Gasteiger partial charge in [-0.05, 0) is 26.7 Å². The minimum Gasteiger partial charge on any atom is -0.360 e. The van der Waals surface area contributed by atoms with Gasteiger partial charge in [0, 0.05) is 24.7 Å². The number of anilines is 1. The molecule has 0 fully saturated rings. The molecule has 1 N–H and O–H groups in total. The van der Waals surface area contributed by atoms with Crippen molar-refractivity contribution in [1.29, 1.82) is 0 Å². The number of nitrogens with one attached hydrogen (secondary N) is 1. The van der Waals surface area contributed by atoms with Crippen LogP contribution in [0.3, 0.4) is 0 Å². The molecular weight excluding hydrogens is 240 g/mol. The summed E-state index contributed by atoms with van der Waals surface area (Å²) in [6, 6.07) is 2.03. The molecule has 0 aliphatic carbocycles. The molecule has 1 aliphatic heterocycles. The molecule has 0 amide bonds. The molecule has 1 unspecified atom stereocenters. The lowest BCUT2D eigenvalue weighted by molar-refractivity contribution is 0.500. The lowest BCUT2D eigenvalue weighted by Gasteiger charge is -2.19. The second-order valence-electron chi connectivity index (χ2n) is 4.99. The van der Waals surface area contributed by atoms with E-state index in [1.807, 2.05) is 13.0 Å². The predicted octanol–water partition coefficient (Wildman–Crippen LogP) is 1.89. The molecule has 3 heterocycles. The third-order valence-corrected chi connectivity index (χ3v) is 3.44. The quantitative estimate of drug-likeness (QED) is 0.910. The first-order chi connectivity index (χ1) is 9.24. The van der Waals surface area contributed by atoms with Gasteiger partial charge in [0.05, 0.1) is 6.04 Å². The number of aryl methyl sites for hydroxylation is 2. The largest absolute Gasteiger partial charge is 0.360 e. The van der Waals surface area contributed by atoms with Gasteiger partial charge in [-0.3, -0.25) is 0 Å². The normalized spacial score (nSPS) is 15.9. The summed E-state index contributed by atoms with van der Waals surface area (Å²) in [5.74, 6) is 2.92. The highest BCUT2D eigenvalue weighted by molar-refractivity contribution is 5.36. The van der Waals surface area contributed by atoms with Crippen LogP contribution in [0.1, 0.15) is 43.1 Å². The van der Waals surface area contributed by atoms with Crippen molar-refractivity contribution in [2.45, 2.75) is 45.7 Å². The van der Waals surface area contributed by atoms with Crippen LogP contribution in [0, 0.1) is 6.92 Å². The number of nitrogens with zero attached hydrogens (tertiary/aromatic N) is 5. The molecule has 0 radical (unpaired) electrons. The number of aromatic nitrogens is 5. The van der Waals surface area contributed by atoms with Crippen molar-refractivity contribution in [3.8, 4) is 0 Å². The van der Waals surface area contributed by atoms with Crippen LogP contribution in [0.5, 0.6) is 0 Å². The molecule has 100 valence electrons. The van der Waals surface area contributed by atoms with Crippen molar-refractivity contribution in [3.63, 3.8) is 0 Å². The third kappa shape index (κ3) is 2.43. The first-order valence-electron chi connectivity index (χ1n) is 6.71. The van der Waals surface area contributed by atoms with Crippen molar-refractivity contribution in [2.75, 3.05) is 5.32 Å².